The van der Waals surface area contributed by atoms with Crippen molar-refractivity contribution in [2.45, 2.75) is 33.2 Å². The predicted octanol–water partition coefficient (Wildman–Crippen LogP) is 2.75. The molecule has 154 valence electrons. The number of anilines is 1. The number of aryl methyl sites for hydroxylation is 1. The molecule has 29 heavy (non-hydrogen) atoms. The molecule has 0 radical (unpaired) electrons. The minimum atomic E-state index is -0.160. The van der Waals surface area contributed by atoms with Gasteiger partial charge in [-0.25, -0.2) is 0 Å². The molecule has 0 bridgehead atoms. The van der Waals surface area contributed by atoms with Crippen molar-refractivity contribution >= 4 is 17.5 Å². The number of hydrogen-bond acceptors (Lipinski definition) is 4. The molecule has 2 aromatic rings. The Bertz CT molecular complexity index is 862. The zero-order valence-electron chi connectivity index (χ0n) is 17.3. The predicted molar refractivity (Wildman–Crippen MR) is 114 cm³/mol. The van der Waals surface area contributed by atoms with Crippen LogP contribution >= 0.6 is 0 Å². The molecule has 0 spiro atoms. The summed E-state index contributed by atoms with van der Waals surface area (Å²) in [5.74, 6) is 1.05. The standard InChI is InChI=1S/C23H29N3O3/c1-16(2)21-9-8-20(12-17(21)3)29-15-23(28)25-13-18-4-6-19(7-5-18)26-11-10-24-22(27)14-26/h4-9,12,16H,10-11,13-15H2,1-3H3,(H,24,27)(H,25,28). The summed E-state index contributed by atoms with van der Waals surface area (Å²) in [5.41, 5.74) is 4.47. The van der Waals surface area contributed by atoms with E-state index >= 15 is 0 Å². The molecule has 2 N–H and O–H groups in total. The number of nitrogens with zero attached hydrogens (tertiary/aromatic N) is 1. The van der Waals surface area contributed by atoms with Crippen LogP contribution in [0.25, 0.3) is 0 Å². The molecule has 0 saturated carbocycles. The Hall–Kier alpha value is -3.02. The van der Waals surface area contributed by atoms with Gasteiger partial charge in [-0.1, -0.05) is 32.0 Å². The maximum Gasteiger partial charge on any atom is 0.258 e. The van der Waals surface area contributed by atoms with Gasteiger partial charge in [0.1, 0.15) is 5.75 Å². The molecule has 1 aliphatic rings. The maximum atomic E-state index is 12.1. The highest BCUT2D eigenvalue weighted by Gasteiger charge is 2.16. The number of nitrogens with one attached hydrogen (secondary N) is 2. The molecule has 1 fully saturated rings. The SMILES string of the molecule is Cc1cc(OCC(=O)NCc2ccc(N3CCNC(=O)C3)cc2)ccc1C(C)C. The Labute approximate surface area is 172 Å². The molecule has 1 saturated heterocycles. The topological polar surface area (TPSA) is 70.7 Å². The molecular formula is C23H29N3O3. The van der Waals surface area contributed by atoms with Gasteiger partial charge in [-0.3, -0.25) is 9.59 Å². The Kier molecular flexibility index (Phi) is 6.75. The first kappa shape index (κ1) is 20.7. The third-order valence-corrected chi connectivity index (χ3v) is 5.06. The molecule has 2 aromatic carbocycles. The quantitative estimate of drug-likeness (QED) is 0.756. The number of benzene rings is 2. The van der Waals surface area contributed by atoms with Gasteiger partial charge in [0.2, 0.25) is 5.91 Å². The van der Waals surface area contributed by atoms with Crippen LogP contribution in [0.15, 0.2) is 42.5 Å². The first-order chi connectivity index (χ1) is 13.9. The lowest BCUT2D eigenvalue weighted by molar-refractivity contribution is -0.123. The lowest BCUT2D eigenvalue weighted by atomic mass is 9.98. The van der Waals surface area contributed by atoms with E-state index in [1.54, 1.807) is 0 Å². The van der Waals surface area contributed by atoms with E-state index < -0.39 is 0 Å². The van der Waals surface area contributed by atoms with Gasteiger partial charge in [0.05, 0.1) is 6.54 Å². The Morgan fingerprint density at radius 2 is 1.97 bits per heavy atom. The fourth-order valence-corrected chi connectivity index (χ4v) is 3.47. The molecule has 0 atom stereocenters. The van der Waals surface area contributed by atoms with E-state index in [9.17, 15) is 9.59 Å². The molecule has 6 nitrogen and oxygen atoms in total. The van der Waals surface area contributed by atoms with E-state index in [-0.39, 0.29) is 18.4 Å². The Morgan fingerprint density at radius 3 is 2.62 bits per heavy atom. The second kappa shape index (κ2) is 9.45. The van der Waals surface area contributed by atoms with Gasteiger partial charge in [0.25, 0.3) is 5.91 Å². The van der Waals surface area contributed by atoms with Gasteiger partial charge in [-0.2, -0.15) is 0 Å². The van der Waals surface area contributed by atoms with E-state index in [0.29, 0.717) is 31.3 Å². The molecule has 2 amide bonds. The van der Waals surface area contributed by atoms with Crippen LogP contribution < -0.4 is 20.3 Å². The highest BCUT2D eigenvalue weighted by Crippen LogP contribution is 2.23. The molecular weight excluding hydrogens is 366 g/mol. The molecule has 0 unspecified atom stereocenters. The van der Waals surface area contributed by atoms with Gasteiger partial charge in [0, 0.05) is 25.3 Å². The fourth-order valence-electron chi connectivity index (χ4n) is 3.47. The van der Waals surface area contributed by atoms with Crippen LogP contribution in [0.1, 0.15) is 36.5 Å². The zero-order valence-corrected chi connectivity index (χ0v) is 17.3. The first-order valence-electron chi connectivity index (χ1n) is 10.0. The second-order valence-corrected chi connectivity index (χ2v) is 7.68. The number of ether oxygens (including phenoxy) is 1. The third kappa shape index (κ3) is 5.73. The van der Waals surface area contributed by atoms with Gasteiger partial charge in [0.15, 0.2) is 6.61 Å². The van der Waals surface area contributed by atoms with E-state index in [4.69, 9.17) is 4.74 Å². The summed E-state index contributed by atoms with van der Waals surface area (Å²) in [6.07, 6.45) is 0. The van der Waals surface area contributed by atoms with Crippen molar-refractivity contribution in [1.82, 2.24) is 10.6 Å². The van der Waals surface area contributed by atoms with Crippen molar-refractivity contribution < 1.29 is 14.3 Å². The van der Waals surface area contributed by atoms with E-state index in [1.165, 1.54) is 11.1 Å². The average Bonchev–Trinajstić information content (AvgIpc) is 2.71. The zero-order chi connectivity index (χ0) is 20.8. The van der Waals surface area contributed by atoms with Gasteiger partial charge in [-0.05, 0) is 53.8 Å². The maximum absolute atomic E-state index is 12.1. The number of hydrogen-bond donors (Lipinski definition) is 2. The largest absolute Gasteiger partial charge is 0.484 e. The van der Waals surface area contributed by atoms with Gasteiger partial charge >= 0.3 is 0 Å². The minimum absolute atomic E-state index is 0.0125. The summed E-state index contributed by atoms with van der Waals surface area (Å²) in [4.78, 5) is 25.7. The van der Waals surface area contributed by atoms with Crippen molar-refractivity contribution in [2.24, 2.45) is 0 Å². The third-order valence-electron chi connectivity index (χ3n) is 5.06. The van der Waals surface area contributed by atoms with Crippen molar-refractivity contribution in [3.63, 3.8) is 0 Å². The van der Waals surface area contributed by atoms with Crippen LogP contribution in [0, 0.1) is 6.92 Å². The monoisotopic (exact) mass is 395 g/mol. The number of carbonyl (C=O) groups excluding carboxylic acids is 2. The molecule has 0 aliphatic carbocycles. The second-order valence-electron chi connectivity index (χ2n) is 7.68. The van der Waals surface area contributed by atoms with Crippen LogP contribution in [0.5, 0.6) is 5.75 Å². The Morgan fingerprint density at radius 1 is 1.21 bits per heavy atom. The van der Waals surface area contributed by atoms with Crippen LogP contribution in [0.3, 0.4) is 0 Å². The van der Waals surface area contributed by atoms with Crippen molar-refractivity contribution in [2.75, 3.05) is 31.1 Å². The number of amides is 2. The molecule has 0 aromatic heterocycles. The average molecular weight is 396 g/mol. The molecule has 6 heteroatoms. The molecule has 1 aliphatic heterocycles. The smallest absolute Gasteiger partial charge is 0.258 e. The summed E-state index contributed by atoms with van der Waals surface area (Å²) in [5, 5.41) is 5.70. The summed E-state index contributed by atoms with van der Waals surface area (Å²) < 4.78 is 5.62. The first-order valence-corrected chi connectivity index (χ1v) is 10.0. The summed E-state index contributed by atoms with van der Waals surface area (Å²) in [6.45, 7) is 8.65. The van der Waals surface area contributed by atoms with E-state index in [2.05, 4.69) is 37.5 Å². The highest BCUT2D eigenvalue weighted by atomic mass is 16.5. The normalized spacial score (nSPS) is 13.9. The van der Waals surface area contributed by atoms with Gasteiger partial charge in [-0.15, -0.1) is 0 Å². The minimum Gasteiger partial charge on any atom is -0.484 e. The fraction of sp³-hybridized carbons (Fsp3) is 0.391. The number of rotatable bonds is 7. The molecule has 1 heterocycles. The van der Waals surface area contributed by atoms with Crippen molar-refractivity contribution in [3.8, 4) is 5.75 Å². The van der Waals surface area contributed by atoms with Gasteiger partial charge < -0.3 is 20.3 Å². The van der Waals surface area contributed by atoms with Crippen molar-refractivity contribution in [1.29, 1.82) is 0 Å². The van der Waals surface area contributed by atoms with Crippen LogP contribution in [0.4, 0.5) is 5.69 Å². The van der Waals surface area contributed by atoms with Crippen LogP contribution in [-0.2, 0) is 16.1 Å². The van der Waals surface area contributed by atoms with Crippen molar-refractivity contribution in [3.05, 3.63) is 59.2 Å². The number of piperazine rings is 1. The van der Waals surface area contributed by atoms with Crippen LogP contribution in [-0.4, -0.2) is 38.1 Å². The lowest BCUT2D eigenvalue weighted by Crippen LogP contribution is -2.47. The van der Waals surface area contributed by atoms with Crippen LogP contribution in [0.2, 0.25) is 0 Å². The van der Waals surface area contributed by atoms with E-state index in [1.807, 2.05) is 41.3 Å². The summed E-state index contributed by atoms with van der Waals surface area (Å²) in [7, 11) is 0. The highest BCUT2D eigenvalue weighted by molar-refractivity contribution is 5.82. The number of carbonyl (C=O) groups is 2. The summed E-state index contributed by atoms with van der Waals surface area (Å²) in [6, 6.07) is 13.8. The Balaban J connectivity index is 1.45. The molecule has 3 rings (SSSR count). The lowest BCUT2D eigenvalue weighted by Gasteiger charge is -2.28. The summed E-state index contributed by atoms with van der Waals surface area (Å²) >= 11 is 0. The van der Waals surface area contributed by atoms with E-state index in [0.717, 1.165) is 17.8 Å².